The summed E-state index contributed by atoms with van der Waals surface area (Å²) in [7, 11) is 0. The highest BCUT2D eigenvalue weighted by Crippen LogP contribution is 2.40. The van der Waals surface area contributed by atoms with Crippen molar-refractivity contribution in [3.8, 4) is 5.69 Å². The number of fused-ring (bicyclic) bond motifs is 1. The van der Waals surface area contributed by atoms with E-state index in [1.54, 1.807) is 0 Å². The lowest BCUT2D eigenvalue weighted by molar-refractivity contribution is 0.0948. The van der Waals surface area contributed by atoms with E-state index < -0.39 is 0 Å². The lowest BCUT2D eigenvalue weighted by atomic mass is 10.1. The van der Waals surface area contributed by atoms with Gasteiger partial charge in [-0.3, -0.25) is 9.48 Å². The number of nitrogens with zero attached hydrogens (tertiary/aromatic N) is 5. The van der Waals surface area contributed by atoms with Crippen LogP contribution >= 0.6 is 0 Å². The molecular weight excluding hydrogens is 400 g/mol. The number of hydrogen-bond acceptors (Lipinski definition) is 4. The number of rotatable bonds is 7. The van der Waals surface area contributed by atoms with E-state index in [9.17, 15) is 4.79 Å². The smallest absolute Gasteiger partial charge is 0.252 e. The van der Waals surface area contributed by atoms with Gasteiger partial charge in [-0.05, 0) is 56.9 Å². The fourth-order valence-electron chi connectivity index (χ4n) is 4.14. The minimum absolute atomic E-state index is 0.0708. The number of benzene rings is 1. The summed E-state index contributed by atoms with van der Waals surface area (Å²) in [5.41, 5.74) is 5.16. The molecule has 164 valence electrons. The van der Waals surface area contributed by atoms with Crippen LogP contribution in [0.3, 0.4) is 0 Å². The van der Waals surface area contributed by atoms with Crippen LogP contribution in [-0.4, -0.2) is 37.0 Å². The molecule has 7 nitrogen and oxygen atoms in total. The van der Waals surface area contributed by atoms with Gasteiger partial charge in [-0.15, -0.1) is 0 Å². The fraction of sp³-hybridized carbons (Fsp3) is 0.360. The van der Waals surface area contributed by atoms with Crippen molar-refractivity contribution in [3.05, 3.63) is 71.3 Å². The maximum absolute atomic E-state index is 13.3. The third-order valence-electron chi connectivity index (χ3n) is 5.96. The molecule has 1 aliphatic rings. The molecule has 0 unspecified atom stereocenters. The summed E-state index contributed by atoms with van der Waals surface area (Å²) in [6.45, 7) is 7.38. The molecule has 0 radical (unpaired) electrons. The van der Waals surface area contributed by atoms with Crippen molar-refractivity contribution in [1.29, 1.82) is 0 Å². The largest absolute Gasteiger partial charge is 0.352 e. The van der Waals surface area contributed by atoms with Crippen LogP contribution in [0.15, 0.2) is 48.7 Å². The van der Waals surface area contributed by atoms with Gasteiger partial charge in [-0.25, -0.2) is 9.67 Å². The Morgan fingerprint density at radius 1 is 1.16 bits per heavy atom. The van der Waals surface area contributed by atoms with Gasteiger partial charge < -0.3 is 5.32 Å². The van der Waals surface area contributed by atoms with Crippen LogP contribution in [0.4, 0.5) is 0 Å². The molecule has 1 aromatic carbocycles. The molecule has 3 heterocycles. The van der Waals surface area contributed by atoms with Gasteiger partial charge in [0.2, 0.25) is 0 Å². The Morgan fingerprint density at radius 2 is 1.94 bits per heavy atom. The van der Waals surface area contributed by atoms with E-state index in [1.165, 1.54) is 0 Å². The second-order valence-electron chi connectivity index (χ2n) is 8.89. The van der Waals surface area contributed by atoms with E-state index in [1.807, 2.05) is 71.9 Å². The maximum atomic E-state index is 13.3. The zero-order chi connectivity index (χ0) is 22.2. The van der Waals surface area contributed by atoms with Crippen molar-refractivity contribution in [2.45, 2.75) is 46.1 Å². The number of amides is 1. The third kappa shape index (κ3) is 4.02. The number of carbonyl (C=O) groups excluding carboxylic acids is 1. The molecule has 1 saturated carbocycles. The number of nitrogens with one attached hydrogen (secondary N) is 1. The van der Waals surface area contributed by atoms with Crippen LogP contribution in [0.2, 0.25) is 0 Å². The van der Waals surface area contributed by atoms with Crippen molar-refractivity contribution < 1.29 is 4.79 Å². The highest BCUT2D eigenvalue weighted by molar-refractivity contribution is 6.06. The van der Waals surface area contributed by atoms with Gasteiger partial charge >= 0.3 is 0 Å². The summed E-state index contributed by atoms with van der Waals surface area (Å²) in [5, 5.41) is 13.1. The Labute approximate surface area is 187 Å². The van der Waals surface area contributed by atoms with Crippen LogP contribution in [0.25, 0.3) is 16.7 Å². The number of hydrogen-bond donors (Lipinski definition) is 1. The molecular formula is C25H28N6O. The second-order valence-corrected chi connectivity index (χ2v) is 8.89. The summed E-state index contributed by atoms with van der Waals surface area (Å²) < 4.78 is 3.78. The van der Waals surface area contributed by atoms with Gasteiger partial charge in [-0.2, -0.15) is 10.2 Å². The van der Waals surface area contributed by atoms with Crippen LogP contribution < -0.4 is 5.32 Å². The van der Waals surface area contributed by atoms with E-state index in [-0.39, 0.29) is 11.8 Å². The first-order chi connectivity index (χ1) is 15.5. The van der Waals surface area contributed by atoms with E-state index in [0.29, 0.717) is 18.0 Å². The molecule has 4 aromatic rings. The topological polar surface area (TPSA) is 77.6 Å². The monoisotopic (exact) mass is 428 g/mol. The molecule has 1 N–H and O–H groups in total. The van der Waals surface area contributed by atoms with E-state index >= 15 is 0 Å². The van der Waals surface area contributed by atoms with E-state index in [4.69, 9.17) is 10.1 Å². The molecule has 0 spiro atoms. The quantitative estimate of drug-likeness (QED) is 0.479. The first kappa shape index (κ1) is 20.4. The Balaban J connectivity index is 1.44. The highest BCUT2D eigenvalue weighted by Gasteiger charge is 2.29. The predicted molar refractivity (Wildman–Crippen MR) is 124 cm³/mol. The summed E-state index contributed by atoms with van der Waals surface area (Å²) >= 11 is 0. The van der Waals surface area contributed by atoms with Crippen molar-refractivity contribution in [2.75, 3.05) is 6.54 Å². The molecule has 32 heavy (non-hydrogen) atoms. The molecule has 0 bridgehead atoms. The summed E-state index contributed by atoms with van der Waals surface area (Å²) in [6.07, 6.45) is 4.22. The number of aryl methyl sites for hydroxylation is 2. The molecule has 1 aliphatic carbocycles. The standard InChI is InChI=1S/C25H28N6O/c1-16(15-30-12-11-17(2)28-30)14-26-25(32)21-13-22(19-9-10-19)27-24-23(21)18(3)29-31(24)20-7-5-4-6-8-20/h4-8,11-13,16,19H,9-10,14-15H2,1-3H3,(H,26,32)/t16-/m1/s1. The first-order valence-corrected chi connectivity index (χ1v) is 11.2. The normalized spacial score (nSPS) is 14.6. The Hall–Kier alpha value is -3.48. The van der Waals surface area contributed by atoms with Crippen molar-refractivity contribution in [3.63, 3.8) is 0 Å². The van der Waals surface area contributed by atoms with Gasteiger partial charge in [0.15, 0.2) is 5.65 Å². The molecule has 1 fully saturated rings. The second kappa shape index (κ2) is 8.22. The van der Waals surface area contributed by atoms with Crippen molar-refractivity contribution in [2.24, 2.45) is 5.92 Å². The third-order valence-corrected chi connectivity index (χ3v) is 5.96. The zero-order valence-corrected chi connectivity index (χ0v) is 18.7. The number of pyridine rings is 1. The first-order valence-electron chi connectivity index (χ1n) is 11.2. The lowest BCUT2D eigenvalue weighted by Gasteiger charge is -2.14. The highest BCUT2D eigenvalue weighted by atomic mass is 16.1. The van der Waals surface area contributed by atoms with Gasteiger partial charge in [-0.1, -0.05) is 25.1 Å². The molecule has 0 saturated heterocycles. The fourth-order valence-corrected chi connectivity index (χ4v) is 4.14. The minimum atomic E-state index is -0.0708. The van der Waals surface area contributed by atoms with Gasteiger partial charge in [0.1, 0.15) is 0 Å². The van der Waals surface area contributed by atoms with Crippen LogP contribution in [-0.2, 0) is 6.54 Å². The van der Waals surface area contributed by atoms with Crippen LogP contribution in [0.5, 0.6) is 0 Å². The molecule has 1 amide bonds. The molecule has 0 aliphatic heterocycles. The SMILES string of the molecule is Cc1ccn(C[C@H](C)CNC(=O)c2cc(C3CC3)nc3c2c(C)nn3-c2ccccc2)n1. The van der Waals surface area contributed by atoms with Crippen LogP contribution in [0, 0.1) is 19.8 Å². The number of para-hydroxylation sites is 1. The van der Waals surface area contributed by atoms with Crippen molar-refractivity contribution in [1.82, 2.24) is 29.9 Å². The number of carbonyl (C=O) groups is 1. The molecule has 7 heteroatoms. The summed E-state index contributed by atoms with van der Waals surface area (Å²) in [5.74, 6) is 0.623. The van der Waals surface area contributed by atoms with E-state index in [2.05, 4.69) is 17.3 Å². The molecule has 3 aromatic heterocycles. The maximum Gasteiger partial charge on any atom is 0.252 e. The van der Waals surface area contributed by atoms with Gasteiger partial charge in [0.25, 0.3) is 5.91 Å². The summed E-state index contributed by atoms with van der Waals surface area (Å²) in [6, 6.07) is 13.9. The minimum Gasteiger partial charge on any atom is -0.352 e. The Kier molecular flexibility index (Phi) is 5.25. The number of aromatic nitrogens is 5. The van der Waals surface area contributed by atoms with Gasteiger partial charge in [0, 0.05) is 30.9 Å². The average molecular weight is 429 g/mol. The molecule has 5 rings (SSSR count). The zero-order valence-electron chi connectivity index (χ0n) is 18.7. The summed E-state index contributed by atoms with van der Waals surface area (Å²) in [4.78, 5) is 18.3. The Bertz CT molecular complexity index is 1270. The lowest BCUT2D eigenvalue weighted by Crippen LogP contribution is -2.30. The van der Waals surface area contributed by atoms with Crippen molar-refractivity contribution >= 4 is 16.9 Å². The predicted octanol–water partition coefficient (Wildman–Crippen LogP) is 4.18. The average Bonchev–Trinajstić information content (AvgIpc) is 3.49. The van der Waals surface area contributed by atoms with Crippen LogP contribution in [0.1, 0.15) is 53.1 Å². The molecule has 1 atom stereocenters. The van der Waals surface area contributed by atoms with Gasteiger partial charge in [0.05, 0.1) is 28.0 Å². The van der Waals surface area contributed by atoms with E-state index in [0.717, 1.165) is 53.2 Å². The Morgan fingerprint density at radius 3 is 2.62 bits per heavy atom.